The van der Waals surface area contributed by atoms with Crippen molar-refractivity contribution in [2.45, 2.75) is 0 Å². The predicted molar refractivity (Wildman–Crippen MR) is 96.3 cm³/mol. The second-order valence-corrected chi connectivity index (χ2v) is 6.11. The van der Waals surface area contributed by atoms with Gasteiger partial charge in [0.05, 0.1) is 16.8 Å². The van der Waals surface area contributed by atoms with Crippen molar-refractivity contribution in [2.75, 3.05) is 31.1 Å². The molecule has 1 aliphatic rings. The molecule has 0 bridgehead atoms. The van der Waals surface area contributed by atoms with Crippen LogP contribution in [0.1, 0.15) is 10.4 Å². The number of aromatic nitrogens is 1. The Labute approximate surface area is 145 Å². The van der Waals surface area contributed by atoms with Gasteiger partial charge in [0, 0.05) is 37.8 Å². The molecule has 25 heavy (non-hydrogen) atoms. The number of fused-ring (bicyclic) bond motifs is 1. The van der Waals surface area contributed by atoms with Gasteiger partial charge >= 0.3 is 0 Å². The Kier molecular flexibility index (Phi) is 4.06. The van der Waals surface area contributed by atoms with Crippen molar-refractivity contribution < 1.29 is 9.18 Å². The van der Waals surface area contributed by atoms with Crippen LogP contribution in [0.4, 0.5) is 10.1 Å². The summed E-state index contributed by atoms with van der Waals surface area (Å²) in [4.78, 5) is 21.0. The molecule has 1 fully saturated rings. The van der Waals surface area contributed by atoms with Crippen LogP contribution in [0.2, 0.25) is 0 Å². The highest BCUT2D eigenvalue weighted by atomic mass is 19.1. The largest absolute Gasteiger partial charge is 0.366 e. The van der Waals surface area contributed by atoms with Crippen molar-refractivity contribution in [3.8, 4) is 0 Å². The molecule has 126 valence electrons. The fourth-order valence-electron chi connectivity index (χ4n) is 3.30. The first kappa shape index (κ1) is 15.6. The first-order valence-electron chi connectivity index (χ1n) is 8.36. The molecule has 0 radical (unpaired) electrons. The smallest absolute Gasteiger partial charge is 0.256 e. The quantitative estimate of drug-likeness (QED) is 0.721. The molecule has 5 heteroatoms. The van der Waals surface area contributed by atoms with Gasteiger partial charge in [0.2, 0.25) is 0 Å². The van der Waals surface area contributed by atoms with Crippen LogP contribution in [0.5, 0.6) is 0 Å². The van der Waals surface area contributed by atoms with E-state index >= 15 is 0 Å². The van der Waals surface area contributed by atoms with Crippen LogP contribution in [-0.2, 0) is 0 Å². The van der Waals surface area contributed by atoms with Gasteiger partial charge in [-0.2, -0.15) is 0 Å². The van der Waals surface area contributed by atoms with E-state index in [2.05, 4.69) is 16.0 Å². The molecule has 2 aromatic carbocycles. The molecule has 3 aromatic rings. The number of carbonyl (C=O) groups excluding carboxylic acids is 1. The second kappa shape index (κ2) is 6.51. The molecule has 1 amide bonds. The third-order valence-corrected chi connectivity index (χ3v) is 4.62. The minimum atomic E-state index is -0.465. The number of anilines is 1. The third kappa shape index (κ3) is 2.93. The number of carbonyl (C=O) groups is 1. The highest BCUT2D eigenvalue weighted by Crippen LogP contribution is 2.26. The molecule has 0 unspecified atom stereocenters. The second-order valence-electron chi connectivity index (χ2n) is 6.11. The SMILES string of the molecule is O=C(c1ccccc1F)N1CCN(c2cccc3cccnc23)CC1. The topological polar surface area (TPSA) is 36.4 Å². The van der Waals surface area contributed by atoms with E-state index in [4.69, 9.17) is 0 Å². The van der Waals surface area contributed by atoms with Crippen molar-refractivity contribution in [1.82, 2.24) is 9.88 Å². The maximum Gasteiger partial charge on any atom is 0.256 e. The Hall–Kier alpha value is -2.95. The number of para-hydroxylation sites is 1. The summed E-state index contributed by atoms with van der Waals surface area (Å²) >= 11 is 0. The van der Waals surface area contributed by atoms with E-state index in [-0.39, 0.29) is 11.5 Å². The van der Waals surface area contributed by atoms with Crippen LogP contribution in [0.15, 0.2) is 60.8 Å². The summed E-state index contributed by atoms with van der Waals surface area (Å²) < 4.78 is 13.8. The number of pyridine rings is 1. The van der Waals surface area contributed by atoms with E-state index in [1.807, 2.05) is 24.3 Å². The summed E-state index contributed by atoms with van der Waals surface area (Å²) in [5, 5.41) is 1.10. The fraction of sp³-hybridized carbons (Fsp3) is 0.200. The van der Waals surface area contributed by atoms with E-state index in [1.165, 1.54) is 6.07 Å². The van der Waals surface area contributed by atoms with Gasteiger partial charge in [-0.05, 0) is 24.3 Å². The average Bonchev–Trinajstić information content (AvgIpc) is 2.67. The summed E-state index contributed by atoms with van der Waals surface area (Å²) in [6.45, 7) is 2.54. The summed E-state index contributed by atoms with van der Waals surface area (Å²) in [5.74, 6) is -0.707. The molecule has 0 spiro atoms. The molecule has 0 aliphatic carbocycles. The Morgan fingerprint density at radius 3 is 2.48 bits per heavy atom. The van der Waals surface area contributed by atoms with Crippen molar-refractivity contribution in [3.05, 3.63) is 72.2 Å². The molecule has 0 saturated carbocycles. The lowest BCUT2D eigenvalue weighted by atomic mass is 10.1. The van der Waals surface area contributed by atoms with Crippen LogP contribution in [-0.4, -0.2) is 42.0 Å². The first-order valence-corrected chi connectivity index (χ1v) is 8.36. The Morgan fingerprint density at radius 2 is 1.68 bits per heavy atom. The highest BCUT2D eigenvalue weighted by Gasteiger charge is 2.24. The van der Waals surface area contributed by atoms with Gasteiger partial charge < -0.3 is 9.80 Å². The van der Waals surface area contributed by atoms with Crippen molar-refractivity contribution in [2.24, 2.45) is 0 Å². The van der Waals surface area contributed by atoms with Gasteiger partial charge in [-0.1, -0.05) is 30.3 Å². The summed E-state index contributed by atoms with van der Waals surface area (Å²) in [6.07, 6.45) is 1.80. The lowest BCUT2D eigenvalue weighted by Gasteiger charge is -2.36. The Morgan fingerprint density at radius 1 is 0.920 bits per heavy atom. The lowest BCUT2D eigenvalue weighted by Crippen LogP contribution is -2.49. The molecule has 1 aromatic heterocycles. The zero-order valence-corrected chi connectivity index (χ0v) is 13.7. The van der Waals surface area contributed by atoms with Gasteiger partial charge in [0.1, 0.15) is 5.82 Å². The number of hydrogen-bond acceptors (Lipinski definition) is 3. The Bertz CT molecular complexity index is 914. The third-order valence-electron chi connectivity index (χ3n) is 4.62. The zero-order chi connectivity index (χ0) is 17.2. The van der Waals surface area contributed by atoms with E-state index in [0.717, 1.165) is 16.6 Å². The van der Waals surface area contributed by atoms with Gasteiger partial charge in [-0.3, -0.25) is 9.78 Å². The minimum Gasteiger partial charge on any atom is -0.366 e. The molecule has 4 rings (SSSR count). The zero-order valence-electron chi connectivity index (χ0n) is 13.7. The molecular formula is C20H18FN3O. The van der Waals surface area contributed by atoms with Crippen molar-refractivity contribution in [1.29, 1.82) is 0 Å². The lowest BCUT2D eigenvalue weighted by molar-refractivity contribution is 0.0742. The number of piperazine rings is 1. The summed E-state index contributed by atoms with van der Waals surface area (Å²) in [5.41, 5.74) is 2.19. The standard InChI is InChI=1S/C20H18FN3O/c21-17-8-2-1-7-16(17)20(25)24-13-11-23(12-14-24)18-9-3-5-15-6-4-10-22-19(15)18/h1-10H,11-14H2. The molecule has 2 heterocycles. The predicted octanol–water partition coefficient (Wildman–Crippen LogP) is 3.34. The normalized spacial score (nSPS) is 14.8. The maximum absolute atomic E-state index is 13.8. The Balaban J connectivity index is 1.52. The molecule has 0 N–H and O–H groups in total. The average molecular weight is 335 g/mol. The number of amides is 1. The molecule has 1 saturated heterocycles. The fourth-order valence-corrected chi connectivity index (χ4v) is 3.30. The first-order chi connectivity index (χ1) is 12.2. The van der Waals surface area contributed by atoms with E-state index in [9.17, 15) is 9.18 Å². The van der Waals surface area contributed by atoms with Crippen molar-refractivity contribution in [3.63, 3.8) is 0 Å². The number of halogens is 1. The summed E-state index contributed by atoms with van der Waals surface area (Å²) in [7, 11) is 0. The van der Waals surface area contributed by atoms with E-state index in [0.29, 0.717) is 26.2 Å². The van der Waals surface area contributed by atoms with E-state index < -0.39 is 5.82 Å². The molecule has 0 atom stereocenters. The summed E-state index contributed by atoms with van der Waals surface area (Å²) in [6, 6.07) is 16.3. The van der Waals surface area contributed by atoms with Gasteiger partial charge in [-0.25, -0.2) is 4.39 Å². The van der Waals surface area contributed by atoms with Crippen LogP contribution in [0, 0.1) is 5.82 Å². The number of rotatable bonds is 2. The van der Waals surface area contributed by atoms with Crippen LogP contribution < -0.4 is 4.90 Å². The van der Waals surface area contributed by atoms with Crippen LogP contribution in [0.3, 0.4) is 0 Å². The van der Waals surface area contributed by atoms with Crippen LogP contribution in [0.25, 0.3) is 10.9 Å². The molecular weight excluding hydrogens is 317 g/mol. The monoisotopic (exact) mass is 335 g/mol. The number of nitrogens with zero attached hydrogens (tertiary/aromatic N) is 3. The van der Waals surface area contributed by atoms with Crippen molar-refractivity contribution >= 4 is 22.5 Å². The van der Waals surface area contributed by atoms with Gasteiger partial charge in [0.25, 0.3) is 5.91 Å². The van der Waals surface area contributed by atoms with Gasteiger partial charge in [0.15, 0.2) is 0 Å². The van der Waals surface area contributed by atoms with E-state index in [1.54, 1.807) is 29.3 Å². The molecule has 1 aliphatic heterocycles. The molecule has 4 nitrogen and oxygen atoms in total. The number of benzene rings is 2. The highest BCUT2D eigenvalue weighted by molar-refractivity contribution is 5.95. The minimum absolute atomic E-state index is 0.141. The van der Waals surface area contributed by atoms with Gasteiger partial charge in [-0.15, -0.1) is 0 Å². The van der Waals surface area contributed by atoms with Crippen LogP contribution >= 0.6 is 0 Å². The number of hydrogen-bond donors (Lipinski definition) is 0. The maximum atomic E-state index is 13.8.